The van der Waals surface area contributed by atoms with Gasteiger partial charge in [0.2, 0.25) is 12.3 Å². The molecule has 0 heterocycles. The molecule has 3 N–H and O–H groups in total. The fourth-order valence-corrected chi connectivity index (χ4v) is 2.36. The van der Waals surface area contributed by atoms with Crippen LogP contribution in [0.25, 0.3) is 0 Å². The molecule has 8 heteroatoms. The van der Waals surface area contributed by atoms with Crippen LogP contribution in [0, 0.1) is 5.92 Å². The van der Waals surface area contributed by atoms with Gasteiger partial charge in [-0.05, 0) is 12.8 Å². The molecule has 2 atom stereocenters. The predicted octanol–water partition coefficient (Wildman–Crippen LogP) is -0.351. The number of nitrogens with one attached hydrogen (secondary N) is 2. The zero-order valence-corrected chi connectivity index (χ0v) is 12.5. The van der Waals surface area contributed by atoms with Gasteiger partial charge < -0.3 is 15.7 Å². The number of thioether (sulfide) groups is 1. The van der Waals surface area contributed by atoms with Gasteiger partial charge in [0.05, 0.1) is 11.8 Å². The lowest BCUT2D eigenvalue weighted by atomic mass is 10.0. The first kappa shape index (κ1) is 18.4. The molecule has 0 aromatic carbocycles. The lowest BCUT2D eigenvalue weighted by Gasteiger charge is -2.19. The minimum atomic E-state index is -1.16. The van der Waals surface area contributed by atoms with Crippen molar-refractivity contribution in [2.75, 3.05) is 11.5 Å². The number of carbonyl (C=O) groups is 4. The van der Waals surface area contributed by atoms with Crippen LogP contribution in [0.3, 0.4) is 0 Å². The largest absolute Gasteiger partial charge is 0.480 e. The van der Waals surface area contributed by atoms with E-state index >= 15 is 0 Å². The monoisotopic (exact) mass is 304 g/mol. The van der Waals surface area contributed by atoms with Gasteiger partial charge in [-0.3, -0.25) is 14.4 Å². The number of rotatable bonds is 10. The van der Waals surface area contributed by atoms with Crippen molar-refractivity contribution in [2.24, 2.45) is 5.92 Å². The fraction of sp³-hybridized carbons (Fsp3) is 0.667. The van der Waals surface area contributed by atoms with E-state index < -0.39 is 18.1 Å². The highest BCUT2D eigenvalue weighted by Gasteiger charge is 2.21. The average Bonchev–Trinajstić information content (AvgIpc) is 2.33. The van der Waals surface area contributed by atoms with E-state index in [-0.39, 0.29) is 29.1 Å². The van der Waals surface area contributed by atoms with Gasteiger partial charge in [0.1, 0.15) is 6.04 Å². The second-order valence-corrected chi connectivity index (χ2v) is 5.62. The van der Waals surface area contributed by atoms with Gasteiger partial charge >= 0.3 is 5.97 Å². The van der Waals surface area contributed by atoms with Crippen LogP contribution in [0.1, 0.15) is 20.8 Å². The molecule has 0 aromatic heterocycles. The molecule has 0 aromatic rings. The van der Waals surface area contributed by atoms with E-state index in [0.29, 0.717) is 6.41 Å². The van der Waals surface area contributed by atoms with Crippen molar-refractivity contribution in [1.82, 2.24) is 10.6 Å². The molecular formula is C12H20N2O5S. The number of hydrogen-bond donors (Lipinski definition) is 3. The molecule has 0 aliphatic rings. The van der Waals surface area contributed by atoms with Gasteiger partial charge in [0.15, 0.2) is 5.78 Å². The summed E-state index contributed by atoms with van der Waals surface area (Å²) in [6.07, 6.45) is 0.309. The van der Waals surface area contributed by atoms with E-state index in [1.165, 1.54) is 6.92 Å². The molecule has 2 unspecified atom stereocenters. The highest BCUT2D eigenvalue weighted by molar-refractivity contribution is 8.00. The second-order valence-electron chi connectivity index (χ2n) is 4.59. The maximum Gasteiger partial charge on any atom is 0.327 e. The van der Waals surface area contributed by atoms with Crippen molar-refractivity contribution in [3.8, 4) is 0 Å². The molecule has 0 aliphatic carbocycles. The van der Waals surface area contributed by atoms with E-state index in [2.05, 4.69) is 10.6 Å². The Kier molecular flexibility index (Phi) is 8.62. The van der Waals surface area contributed by atoms with Crippen LogP contribution in [-0.2, 0) is 19.2 Å². The van der Waals surface area contributed by atoms with Crippen molar-refractivity contribution >= 4 is 35.8 Å². The minimum absolute atomic E-state index is 0.00931. The Hall–Kier alpha value is -1.57. The number of hydrogen-bond acceptors (Lipinski definition) is 5. The molecule has 0 saturated carbocycles. The highest BCUT2D eigenvalue weighted by atomic mass is 32.2. The quantitative estimate of drug-likeness (QED) is 0.475. The molecule has 0 rings (SSSR count). The molecule has 0 bridgehead atoms. The molecular weight excluding hydrogens is 284 g/mol. The second kappa shape index (κ2) is 9.35. The third-order valence-corrected chi connectivity index (χ3v) is 3.54. The van der Waals surface area contributed by atoms with E-state index in [0.717, 1.165) is 11.8 Å². The normalized spacial score (nSPS) is 13.4. The van der Waals surface area contributed by atoms with Gasteiger partial charge in [-0.1, -0.05) is 13.8 Å². The Morgan fingerprint density at radius 3 is 2.30 bits per heavy atom. The Balaban J connectivity index is 4.18. The maximum atomic E-state index is 11.7. The van der Waals surface area contributed by atoms with Crippen LogP contribution in [0.5, 0.6) is 0 Å². The summed E-state index contributed by atoms with van der Waals surface area (Å²) >= 11 is 1.08. The van der Waals surface area contributed by atoms with Crippen molar-refractivity contribution in [2.45, 2.75) is 32.9 Å². The molecule has 0 saturated heterocycles. The van der Waals surface area contributed by atoms with Crippen molar-refractivity contribution in [3.63, 3.8) is 0 Å². The Morgan fingerprint density at radius 1 is 1.30 bits per heavy atom. The molecule has 0 spiro atoms. The van der Waals surface area contributed by atoms with Crippen LogP contribution in [-0.4, -0.2) is 52.8 Å². The summed E-state index contributed by atoms with van der Waals surface area (Å²) in [6, 6.07) is -1.56. The van der Waals surface area contributed by atoms with Crippen LogP contribution < -0.4 is 10.6 Å². The van der Waals surface area contributed by atoms with E-state index in [4.69, 9.17) is 5.11 Å². The summed E-state index contributed by atoms with van der Waals surface area (Å²) in [5.74, 6) is -1.52. The van der Waals surface area contributed by atoms with Gasteiger partial charge in [-0.15, -0.1) is 11.8 Å². The summed E-state index contributed by atoms with van der Waals surface area (Å²) in [4.78, 5) is 43.9. The van der Waals surface area contributed by atoms with Crippen LogP contribution in [0.15, 0.2) is 0 Å². The standard InChI is InChI=1S/C12H20N2O5S/c1-7(2)11(8(3)16)14-10(17)5-20-4-9(12(18)19)13-6-15/h6-7,9,11H,4-5H2,1-3H3,(H,13,15)(H,14,17)(H,18,19). The number of carbonyl (C=O) groups excluding carboxylic acids is 3. The van der Waals surface area contributed by atoms with Crippen molar-refractivity contribution < 1.29 is 24.3 Å². The third kappa shape index (κ3) is 7.13. The Bertz CT molecular complexity index is 373. The number of Topliss-reactive ketones (excluding diaryl/α,β-unsaturated/α-hetero) is 1. The van der Waals surface area contributed by atoms with Gasteiger partial charge in [-0.2, -0.15) is 0 Å². The molecule has 7 nitrogen and oxygen atoms in total. The van der Waals surface area contributed by atoms with Gasteiger partial charge in [0.25, 0.3) is 0 Å². The minimum Gasteiger partial charge on any atom is -0.480 e. The molecule has 0 fully saturated rings. The first-order chi connectivity index (χ1) is 9.29. The zero-order valence-electron chi connectivity index (χ0n) is 11.7. The summed E-state index contributed by atoms with van der Waals surface area (Å²) in [7, 11) is 0. The fourth-order valence-electron chi connectivity index (χ4n) is 1.50. The van der Waals surface area contributed by atoms with Crippen molar-refractivity contribution in [3.05, 3.63) is 0 Å². The topological polar surface area (TPSA) is 113 Å². The first-order valence-corrected chi connectivity index (χ1v) is 7.25. The Morgan fingerprint density at radius 2 is 1.90 bits per heavy atom. The smallest absolute Gasteiger partial charge is 0.327 e. The van der Waals surface area contributed by atoms with Gasteiger partial charge in [-0.25, -0.2) is 4.79 Å². The number of aliphatic carboxylic acids is 1. The van der Waals surface area contributed by atoms with Crippen LogP contribution in [0.2, 0.25) is 0 Å². The van der Waals surface area contributed by atoms with E-state index in [1.54, 1.807) is 0 Å². The van der Waals surface area contributed by atoms with E-state index in [1.807, 2.05) is 13.8 Å². The lowest BCUT2D eigenvalue weighted by Crippen LogP contribution is -2.44. The lowest BCUT2D eigenvalue weighted by molar-refractivity contribution is -0.139. The summed E-state index contributed by atoms with van der Waals surface area (Å²) in [5, 5.41) is 13.5. The third-order valence-electron chi connectivity index (χ3n) is 2.51. The molecule has 0 aliphatic heterocycles. The highest BCUT2D eigenvalue weighted by Crippen LogP contribution is 2.06. The molecule has 114 valence electrons. The first-order valence-electron chi connectivity index (χ1n) is 6.09. The average molecular weight is 304 g/mol. The number of ketones is 1. The Labute approximate surface area is 121 Å². The van der Waals surface area contributed by atoms with Crippen LogP contribution >= 0.6 is 11.8 Å². The summed E-state index contributed by atoms with van der Waals surface area (Å²) < 4.78 is 0. The SMILES string of the molecule is CC(=O)C(NC(=O)CSCC(NC=O)C(=O)O)C(C)C. The predicted molar refractivity (Wildman–Crippen MR) is 75.4 cm³/mol. The molecule has 20 heavy (non-hydrogen) atoms. The molecule has 0 radical (unpaired) electrons. The van der Waals surface area contributed by atoms with Crippen molar-refractivity contribution in [1.29, 1.82) is 0 Å². The zero-order chi connectivity index (χ0) is 15.7. The maximum absolute atomic E-state index is 11.7. The summed E-state index contributed by atoms with van der Waals surface area (Å²) in [5.41, 5.74) is 0. The van der Waals surface area contributed by atoms with Crippen LogP contribution in [0.4, 0.5) is 0 Å². The van der Waals surface area contributed by atoms with E-state index in [9.17, 15) is 19.2 Å². The number of carboxylic acid groups (broad SMARTS) is 1. The summed E-state index contributed by atoms with van der Waals surface area (Å²) in [6.45, 7) is 5.06. The van der Waals surface area contributed by atoms with Gasteiger partial charge in [0, 0.05) is 5.75 Å². The molecule has 2 amide bonds. The number of carboxylic acids is 1. The number of amides is 2.